The van der Waals surface area contributed by atoms with Gasteiger partial charge in [-0.15, -0.1) is 0 Å². The average molecular weight is 1310 g/mol. The Hall–Kier alpha value is -2.46. The molecule has 524 valence electrons. The fourth-order valence-electron chi connectivity index (χ4n) is 10.0. The minimum atomic E-state index is -4.96. The lowest BCUT2D eigenvalue weighted by Crippen LogP contribution is -2.30. The van der Waals surface area contributed by atoms with Crippen molar-refractivity contribution in [3.8, 4) is 0 Å². The molecule has 0 aliphatic rings. The number of unbranched alkanes of at least 4 members (excludes halogenated alkanes) is 31. The van der Waals surface area contributed by atoms with Crippen molar-refractivity contribution in [2.45, 2.75) is 343 Å². The van der Waals surface area contributed by atoms with E-state index >= 15 is 0 Å². The Bertz CT molecular complexity index is 1840. The molecule has 3 N–H and O–H groups in total. The van der Waals surface area contributed by atoms with Gasteiger partial charge < -0.3 is 33.8 Å². The molecule has 3 unspecified atom stereocenters. The normalized spacial score (nSPS) is 14.4. The number of phosphoric acid groups is 2. The van der Waals surface area contributed by atoms with Gasteiger partial charge >= 0.3 is 39.5 Å². The number of rotatable bonds is 66. The van der Waals surface area contributed by atoms with Crippen LogP contribution in [0.4, 0.5) is 0 Å². The summed E-state index contributed by atoms with van der Waals surface area (Å²) in [6.45, 7) is 11.7. The molecule has 0 rings (SSSR count). The van der Waals surface area contributed by atoms with Crippen molar-refractivity contribution in [2.75, 3.05) is 39.6 Å². The Morgan fingerprint density at radius 1 is 0.348 bits per heavy atom. The van der Waals surface area contributed by atoms with E-state index in [1.54, 1.807) is 0 Å². The van der Waals surface area contributed by atoms with Crippen LogP contribution in [-0.2, 0) is 65.4 Å². The molecule has 0 fully saturated rings. The monoisotopic (exact) mass is 1310 g/mol. The summed E-state index contributed by atoms with van der Waals surface area (Å²) in [7, 11) is -9.91. The highest BCUT2D eigenvalue weighted by molar-refractivity contribution is 7.47. The third kappa shape index (κ3) is 64.1. The predicted molar refractivity (Wildman–Crippen MR) is 358 cm³/mol. The number of hydrogen-bond donors (Lipinski definition) is 3. The van der Waals surface area contributed by atoms with E-state index in [2.05, 4.69) is 72.8 Å². The summed E-state index contributed by atoms with van der Waals surface area (Å²) in [4.78, 5) is 72.5. The number of ether oxygens (including phenoxy) is 4. The zero-order valence-corrected chi connectivity index (χ0v) is 59.2. The molecule has 17 nitrogen and oxygen atoms in total. The summed E-state index contributed by atoms with van der Waals surface area (Å²) in [5.74, 6) is 0.00916. The van der Waals surface area contributed by atoms with Crippen LogP contribution in [0.25, 0.3) is 0 Å². The fourth-order valence-corrected chi connectivity index (χ4v) is 11.6. The number of carbonyl (C=O) groups is 4. The molecule has 19 heteroatoms. The lowest BCUT2D eigenvalue weighted by atomic mass is 10.0. The predicted octanol–water partition coefficient (Wildman–Crippen LogP) is 19.4. The van der Waals surface area contributed by atoms with Crippen molar-refractivity contribution in [3.63, 3.8) is 0 Å². The Kier molecular flexibility index (Phi) is 58.8. The van der Waals surface area contributed by atoms with Crippen LogP contribution in [0, 0.1) is 17.8 Å². The first kappa shape index (κ1) is 86.5. The maximum absolute atomic E-state index is 13.0. The summed E-state index contributed by atoms with van der Waals surface area (Å²) in [6, 6.07) is 0. The van der Waals surface area contributed by atoms with E-state index in [1.165, 1.54) is 109 Å². The topological polar surface area (TPSA) is 237 Å². The molecule has 0 aromatic rings. The Morgan fingerprint density at radius 3 is 0.910 bits per heavy atom. The summed E-state index contributed by atoms with van der Waals surface area (Å²) in [5.41, 5.74) is 0. The van der Waals surface area contributed by atoms with Gasteiger partial charge in [-0.2, -0.15) is 0 Å². The van der Waals surface area contributed by atoms with Crippen LogP contribution in [-0.4, -0.2) is 96.7 Å². The molecule has 5 atom stereocenters. The number of hydrogen-bond acceptors (Lipinski definition) is 15. The molecule has 0 saturated carbocycles. The minimum absolute atomic E-state index is 0.0971. The van der Waals surface area contributed by atoms with Gasteiger partial charge in [-0.1, -0.05) is 272 Å². The molecule has 0 spiro atoms. The Balaban J connectivity index is 5.28. The van der Waals surface area contributed by atoms with Gasteiger partial charge in [0.1, 0.15) is 19.3 Å². The molecule has 0 radical (unpaired) electrons. The molecule has 0 saturated heterocycles. The lowest BCUT2D eigenvalue weighted by molar-refractivity contribution is -0.161. The van der Waals surface area contributed by atoms with E-state index in [9.17, 15) is 43.2 Å². The molecule has 0 aromatic heterocycles. The molecule has 0 amide bonds. The van der Waals surface area contributed by atoms with Crippen molar-refractivity contribution < 1.29 is 80.2 Å². The lowest BCUT2D eigenvalue weighted by Gasteiger charge is -2.21. The van der Waals surface area contributed by atoms with Crippen LogP contribution in [0.3, 0.4) is 0 Å². The zero-order valence-electron chi connectivity index (χ0n) is 57.4. The summed E-state index contributed by atoms with van der Waals surface area (Å²) in [5, 5.41) is 10.6. The third-order valence-electron chi connectivity index (χ3n) is 15.5. The van der Waals surface area contributed by atoms with Gasteiger partial charge in [0, 0.05) is 25.7 Å². The number of aliphatic hydroxyl groups excluding tert-OH is 1. The summed E-state index contributed by atoms with van der Waals surface area (Å²) >= 11 is 0. The number of carbonyl (C=O) groups excluding carboxylic acids is 4. The summed E-state index contributed by atoms with van der Waals surface area (Å²) < 4.78 is 68.2. The van der Waals surface area contributed by atoms with Gasteiger partial charge in [-0.3, -0.25) is 37.3 Å². The Labute approximate surface area is 542 Å². The van der Waals surface area contributed by atoms with E-state index in [0.717, 1.165) is 121 Å². The second-order valence-electron chi connectivity index (χ2n) is 26.0. The Morgan fingerprint density at radius 2 is 0.607 bits per heavy atom. The quantitative estimate of drug-likeness (QED) is 0.0169. The molecular formula is C70H132O17P2. The van der Waals surface area contributed by atoms with Crippen LogP contribution >= 0.6 is 15.6 Å². The minimum Gasteiger partial charge on any atom is -0.462 e. The van der Waals surface area contributed by atoms with Gasteiger partial charge in [-0.25, -0.2) is 9.13 Å². The number of allylic oxidation sites excluding steroid dienone is 4. The van der Waals surface area contributed by atoms with Gasteiger partial charge in [0.05, 0.1) is 26.4 Å². The van der Waals surface area contributed by atoms with E-state index < -0.39 is 97.5 Å². The molecular weight excluding hydrogens is 1170 g/mol. The molecule has 0 bridgehead atoms. The second kappa shape index (κ2) is 60.5. The van der Waals surface area contributed by atoms with Crippen molar-refractivity contribution in [1.29, 1.82) is 0 Å². The van der Waals surface area contributed by atoms with Crippen LogP contribution in [0.5, 0.6) is 0 Å². The number of phosphoric ester groups is 2. The molecule has 0 aliphatic heterocycles. The van der Waals surface area contributed by atoms with E-state index in [1.807, 2.05) is 0 Å². The fraction of sp³-hybridized carbons (Fsp3) is 0.886. The zero-order chi connectivity index (χ0) is 65.9. The van der Waals surface area contributed by atoms with E-state index in [4.69, 9.17) is 37.0 Å². The molecule has 0 aromatic carbocycles. The SMILES string of the molecule is CCCCCC/C=C\C=C/CCCCCCCC(=O)OC[C@H](COP(=O)(O)OCC(O)COP(=O)(O)OC[C@@H](COC(=O)CCCCCCCCCC(C)C)OC(=O)CCCCCCCCCCCCC(C)C)OC(=O)CCCCCCCCCCC(C)C. The summed E-state index contributed by atoms with van der Waals surface area (Å²) in [6.07, 6.45) is 46.8. The number of esters is 4. The standard InChI is InChI=1S/C70H132O17P2/c1-8-9-10-11-12-13-14-15-16-17-18-22-30-37-44-51-67(72)80-57-65(87-70(75)54-47-40-32-25-24-28-35-42-49-62(4)5)59-84-88(76,77)82-55-64(71)56-83-89(78,79)85-60-66(58-81-68(73)52-45-38-33-26-29-36-43-50-63(6)7)86-69(74)53-46-39-31-23-20-19-21-27-34-41-48-61(2)3/h13-16,61-66,71H,8-12,17-60H2,1-7H3,(H,76,77)(H,78,79)/b14-13-,16-15-/t64?,65-,66-/m1/s1. The van der Waals surface area contributed by atoms with E-state index in [0.29, 0.717) is 37.5 Å². The van der Waals surface area contributed by atoms with Crippen LogP contribution in [0.15, 0.2) is 24.3 Å². The highest BCUT2D eigenvalue weighted by Gasteiger charge is 2.30. The van der Waals surface area contributed by atoms with Crippen molar-refractivity contribution in [3.05, 3.63) is 24.3 Å². The van der Waals surface area contributed by atoms with Gasteiger partial charge in [0.15, 0.2) is 12.2 Å². The smallest absolute Gasteiger partial charge is 0.462 e. The number of aliphatic hydroxyl groups is 1. The van der Waals surface area contributed by atoms with Gasteiger partial charge in [-0.05, 0) is 69.1 Å². The maximum Gasteiger partial charge on any atom is 0.472 e. The van der Waals surface area contributed by atoms with Crippen molar-refractivity contribution >= 4 is 39.5 Å². The highest BCUT2D eigenvalue weighted by Crippen LogP contribution is 2.45. The molecule has 89 heavy (non-hydrogen) atoms. The molecule has 0 aliphatic carbocycles. The van der Waals surface area contributed by atoms with Crippen molar-refractivity contribution in [2.24, 2.45) is 17.8 Å². The van der Waals surface area contributed by atoms with Crippen molar-refractivity contribution in [1.82, 2.24) is 0 Å². The van der Waals surface area contributed by atoms with Gasteiger partial charge in [0.2, 0.25) is 0 Å². The van der Waals surface area contributed by atoms with Crippen LogP contribution in [0.1, 0.15) is 325 Å². The van der Waals surface area contributed by atoms with Crippen LogP contribution < -0.4 is 0 Å². The maximum atomic E-state index is 13.0. The average Bonchev–Trinajstić information content (AvgIpc) is 3.70. The molecule has 0 heterocycles. The highest BCUT2D eigenvalue weighted by atomic mass is 31.2. The van der Waals surface area contributed by atoms with Gasteiger partial charge in [0.25, 0.3) is 0 Å². The van der Waals surface area contributed by atoms with E-state index in [-0.39, 0.29) is 25.7 Å². The second-order valence-corrected chi connectivity index (χ2v) is 28.9. The largest absolute Gasteiger partial charge is 0.472 e. The third-order valence-corrected chi connectivity index (χ3v) is 17.4. The van der Waals surface area contributed by atoms with Crippen LogP contribution in [0.2, 0.25) is 0 Å². The first-order chi connectivity index (χ1) is 42.7. The first-order valence-corrected chi connectivity index (χ1v) is 38.7. The first-order valence-electron chi connectivity index (χ1n) is 35.7.